The van der Waals surface area contributed by atoms with Gasteiger partial charge in [0.05, 0.1) is 5.75 Å². The highest BCUT2D eigenvalue weighted by molar-refractivity contribution is 9.10. The third-order valence-corrected chi connectivity index (χ3v) is 3.05. The summed E-state index contributed by atoms with van der Waals surface area (Å²) in [6.45, 7) is 0.119. The Labute approximate surface area is 96.3 Å². The van der Waals surface area contributed by atoms with E-state index in [0.29, 0.717) is 5.69 Å². The first kappa shape index (κ1) is 12.3. The molecule has 0 unspecified atom stereocenters. The predicted molar refractivity (Wildman–Crippen MR) is 60.5 cm³/mol. The van der Waals surface area contributed by atoms with Crippen molar-refractivity contribution in [2.24, 2.45) is 0 Å². The van der Waals surface area contributed by atoms with E-state index < -0.39 is 9.84 Å². The Balaban J connectivity index is 2.44. The molecule has 0 bridgehead atoms. The van der Waals surface area contributed by atoms with Crippen molar-refractivity contribution in [2.45, 2.75) is 0 Å². The maximum absolute atomic E-state index is 11.4. The second-order valence-corrected chi connectivity index (χ2v) is 6.29. The molecule has 0 fully saturated rings. The third-order valence-electron chi connectivity index (χ3n) is 1.65. The van der Waals surface area contributed by atoms with Gasteiger partial charge >= 0.3 is 0 Å². The second kappa shape index (κ2) is 4.80. The molecule has 1 heterocycles. The van der Waals surface area contributed by atoms with Gasteiger partial charge in [0.2, 0.25) is 0 Å². The number of aromatic nitrogens is 1. The molecule has 0 aliphatic rings. The quantitative estimate of drug-likeness (QED) is 0.851. The van der Waals surface area contributed by atoms with Crippen molar-refractivity contribution < 1.29 is 13.2 Å². The molecule has 1 aromatic heterocycles. The molecule has 0 radical (unpaired) electrons. The van der Waals surface area contributed by atoms with Gasteiger partial charge in [0.1, 0.15) is 15.5 Å². The van der Waals surface area contributed by atoms with Crippen molar-refractivity contribution in [3.8, 4) is 0 Å². The van der Waals surface area contributed by atoms with Crippen LogP contribution in [-0.2, 0) is 9.84 Å². The molecule has 1 rings (SSSR count). The van der Waals surface area contributed by atoms with Crippen molar-refractivity contribution in [3.63, 3.8) is 0 Å². The standard InChI is InChI=1S/C8H11BrN2O3S/c1-15(13,14)3-2-10-8(12)7-4-6(9)5-11-7/h4-5,11H,2-3H2,1H3,(H,10,12). The molecule has 2 N–H and O–H groups in total. The lowest BCUT2D eigenvalue weighted by atomic mass is 10.4. The Hall–Kier alpha value is -0.820. The molecule has 84 valence electrons. The van der Waals surface area contributed by atoms with E-state index in [4.69, 9.17) is 0 Å². The van der Waals surface area contributed by atoms with E-state index in [1.54, 1.807) is 12.3 Å². The highest BCUT2D eigenvalue weighted by Crippen LogP contribution is 2.09. The molecule has 0 spiro atoms. The molecular formula is C8H11BrN2O3S. The van der Waals surface area contributed by atoms with Gasteiger partial charge in [0, 0.05) is 23.5 Å². The lowest BCUT2D eigenvalue weighted by Crippen LogP contribution is -2.28. The van der Waals surface area contributed by atoms with Gasteiger partial charge in [0.15, 0.2) is 0 Å². The first-order valence-corrected chi connectivity index (χ1v) is 7.04. The fourth-order valence-electron chi connectivity index (χ4n) is 0.944. The summed E-state index contributed by atoms with van der Waals surface area (Å²) >= 11 is 3.19. The Bertz CT molecular complexity index is 452. The van der Waals surface area contributed by atoms with Gasteiger partial charge < -0.3 is 10.3 Å². The minimum Gasteiger partial charge on any atom is -0.356 e. The number of rotatable bonds is 4. The van der Waals surface area contributed by atoms with Crippen LogP contribution < -0.4 is 5.32 Å². The van der Waals surface area contributed by atoms with Gasteiger partial charge in [-0.15, -0.1) is 0 Å². The Kier molecular flexibility index (Phi) is 3.92. The summed E-state index contributed by atoms with van der Waals surface area (Å²) in [6, 6.07) is 1.62. The van der Waals surface area contributed by atoms with Gasteiger partial charge in [0.25, 0.3) is 5.91 Å². The Morgan fingerprint density at radius 2 is 2.27 bits per heavy atom. The summed E-state index contributed by atoms with van der Waals surface area (Å²) in [5.41, 5.74) is 0.398. The molecule has 0 saturated heterocycles. The minimum absolute atomic E-state index is 0.0549. The summed E-state index contributed by atoms with van der Waals surface area (Å²) < 4.78 is 22.3. The number of hydrogen-bond donors (Lipinski definition) is 2. The average Bonchev–Trinajstić information content (AvgIpc) is 2.49. The molecule has 0 atom stereocenters. The van der Waals surface area contributed by atoms with Crippen molar-refractivity contribution in [3.05, 3.63) is 22.4 Å². The number of aromatic amines is 1. The first-order chi connectivity index (χ1) is 6.88. The molecule has 1 amide bonds. The fraction of sp³-hybridized carbons (Fsp3) is 0.375. The Morgan fingerprint density at radius 1 is 1.60 bits per heavy atom. The number of halogens is 1. The number of carbonyl (C=O) groups excluding carboxylic acids is 1. The van der Waals surface area contributed by atoms with E-state index in [-0.39, 0.29) is 18.2 Å². The number of hydrogen-bond acceptors (Lipinski definition) is 3. The highest BCUT2D eigenvalue weighted by atomic mass is 79.9. The predicted octanol–water partition coefficient (Wildman–Crippen LogP) is 0.552. The Morgan fingerprint density at radius 3 is 2.73 bits per heavy atom. The largest absolute Gasteiger partial charge is 0.356 e. The van der Waals surface area contributed by atoms with Gasteiger partial charge in [-0.05, 0) is 22.0 Å². The van der Waals surface area contributed by atoms with Crippen LogP contribution in [0, 0.1) is 0 Å². The van der Waals surface area contributed by atoms with Crippen LogP contribution in [0.3, 0.4) is 0 Å². The van der Waals surface area contributed by atoms with Crippen LogP contribution in [0.25, 0.3) is 0 Å². The molecule has 0 aliphatic carbocycles. The van der Waals surface area contributed by atoms with Gasteiger partial charge in [-0.3, -0.25) is 4.79 Å². The molecule has 1 aromatic rings. The van der Waals surface area contributed by atoms with Crippen LogP contribution in [-0.4, -0.2) is 37.9 Å². The molecular weight excluding hydrogens is 284 g/mol. The number of carbonyl (C=O) groups is 1. The van der Waals surface area contributed by atoms with Gasteiger partial charge in [-0.1, -0.05) is 0 Å². The lowest BCUT2D eigenvalue weighted by Gasteiger charge is -2.01. The van der Waals surface area contributed by atoms with Crippen molar-refractivity contribution in [1.29, 1.82) is 0 Å². The van der Waals surface area contributed by atoms with Crippen LogP contribution in [0.2, 0.25) is 0 Å². The van der Waals surface area contributed by atoms with Gasteiger partial charge in [-0.25, -0.2) is 8.42 Å². The van der Waals surface area contributed by atoms with E-state index in [2.05, 4.69) is 26.2 Å². The summed E-state index contributed by atoms with van der Waals surface area (Å²) in [7, 11) is -3.03. The highest BCUT2D eigenvalue weighted by Gasteiger charge is 2.08. The van der Waals surface area contributed by atoms with E-state index in [9.17, 15) is 13.2 Å². The van der Waals surface area contributed by atoms with E-state index in [1.807, 2.05) is 0 Å². The fourth-order valence-corrected chi connectivity index (χ4v) is 1.76. The third kappa shape index (κ3) is 4.48. The SMILES string of the molecule is CS(=O)(=O)CCNC(=O)c1cc(Br)c[nH]1. The maximum atomic E-state index is 11.4. The summed E-state index contributed by atoms with van der Waals surface area (Å²) in [5, 5.41) is 2.50. The second-order valence-electron chi connectivity index (χ2n) is 3.12. The normalized spacial score (nSPS) is 11.3. The van der Waals surface area contributed by atoms with E-state index in [1.165, 1.54) is 0 Å². The van der Waals surface area contributed by atoms with Crippen molar-refractivity contribution in [1.82, 2.24) is 10.3 Å². The molecule has 5 nitrogen and oxygen atoms in total. The molecule has 0 aliphatic heterocycles. The van der Waals surface area contributed by atoms with Crippen molar-refractivity contribution in [2.75, 3.05) is 18.6 Å². The lowest BCUT2D eigenvalue weighted by molar-refractivity contribution is 0.0952. The maximum Gasteiger partial charge on any atom is 0.267 e. The van der Waals surface area contributed by atoms with Crippen LogP contribution in [0.5, 0.6) is 0 Å². The van der Waals surface area contributed by atoms with Crippen LogP contribution in [0.4, 0.5) is 0 Å². The zero-order valence-corrected chi connectivity index (χ0v) is 10.5. The molecule has 0 aromatic carbocycles. The summed E-state index contributed by atoms with van der Waals surface area (Å²) in [6.07, 6.45) is 2.76. The summed E-state index contributed by atoms with van der Waals surface area (Å²) in [5.74, 6) is -0.370. The monoisotopic (exact) mass is 294 g/mol. The van der Waals surface area contributed by atoms with Crippen LogP contribution in [0.15, 0.2) is 16.7 Å². The van der Waals surface area contributed by atoms with Crippen LogP contribution in [0.1, 0.15) is 10.5 Å². The zero-order chi connectivity index (χ0) is 11.5. The zero-order valence-electron chi connectivity index (χ0n) is 8.08. The summed E-state index contributed by atoms with van der Waals surface area (Å²) in [4.78, 5) is 14.1. The number of H-pyrrole nitrogens is 1. The molecule has 0 saturated carbocycles. The smallest absolute Gasteiger partial charge is 0.267 e. The van der Waals surface area contributed by atoms with E-state index >= 15 is 0 Å². The average molecular weight is 295 g/mol. The van der Waals surface area contributed by atoms with E-state index in [0.717, 1.165) is 10.7 Å². The van der Waals surface area contributed by atoms with Gasteiger partial charge in [-0.2, -0.15) is 0 Å². The first-order valence-electron chi connectivity index (χ1n) is 4.18. The number of amides is 1. The van der Waals surface area contributed by atoms with Crippen molar-refractivity contribution >= 4 is 31.7 Å². The number of nitrogens with one attached hydrogen (secondary N) is 2. The minimum atomic E-state index is -3.03. The topological polar surface area (TPSA) is 79.0 Å². The number of sulfone groups is 1. The molecule has 15 heavy (non-hydrogen) atoms. The van der Waals surface area contributed by atoms with Crippen LogP contribution >= 0.6 is 15.9 Å². The molecule has 7 heteroatoms.